The molecule has 6 nitrogen and oxygen atoms in total. The first-order chi connectivity index (χ1) is 15.7. The summed E-state index contributed by atoms with van der Waals surface area (Å²) in [4.78, 5) is 33.3. The number of rotatable bonds is 5. The number of nitrogens with zero attached hydrogens (tertiary/aromatic N) is 3. The highest BCUT2D eigenvalue weighted by molar-refractivity contribution is 5.80. The highest BCUT2D eigenvalue weighted by Crippen LogP contribution is 2.24. The molecule has 166 valence electrons. The van der Waals surface area contributed by atoms with Crippen LogP contribution in [0.4, 0.5) is 5.82 Å². The van der Waals surface area contributed by atoms with E-state index in [2.05, 4.69) is 5.32 Å². The largest absolute Gasteiger partial charge is 0.353 e. The Balaban J connectivity index is 1.45. The van der Waals surface area contributed by atoms with Gasteiger partial charge in [-0.3, -0.25) is 14.2 Å². The molecule has 1 unspecified atom stereocenters. The fourth-order valence-electron chi connectivity index (χ4n) is 5.08. The lowest BCUT2D eigenvalue weighted by Crippen LogP contribution is -2.47. The van der Waals surface area contributed by atoms with Gasteiger partial charge >= 0.3 is 0 Å². The summed E-state index contributed by atoms with van der Waals surface area (Å²) in [7, 11) is 0. The number of benzene rings is 2. The van der Waals surface area contributed by atoms with E-state index in [-0.39, 0.29) is 17.4 Å². The summed E-state index contributed by atoms with van der Waals surface area (Å²) in [6, 6.07) is 18.1. The summed E-state index contributed by atoms with van der Waals surface area (Å²) < 4.78 is 1.81. The second-order valence-electron chi connectivity index (χ2n) is 9.08. The Kier molecular flexibility index (Phi) is 5.93. The van der Waals surface area contributed by atoms with E-state index in [0.29, 0.717) is 24.9 Å². The second-order valence-corrected chi connectivity index (χ2v) is 9.08. The topological polar surface area (TPSA) is 67.2 Å². The van der Waals surface area contributed by atoms with Crippen LogP contribution in [0.3, 0.4) is 0 Å². The number of nitrogens with one attached hydrogen (secondary N) is 1. The second kappa shape index (κ2) is 9.15. The summed E-state index contributed by atoms with van der Waals surface area (Å²) in [6.07, 6.45) is 6.31. The monoisotopic (exact) mass is 430 g/mol. The zero-order valence-electron chi connectivity index (χ0n) is 18.4. The minimum Gasteiger partial charge on any atom is -0.353 e. The van der Waals surface area contributed by atoms with Crippen molar-refractivity contribution in [1.29, 1.82) is 0 Å². The lowest BCUT2D eigenvalue weighted by Gasteiger charge is -2.33. The van der Waals surface area contributed by atoms with Gasteiger partial charge in [-0.05, 0) is 43.4 Å². The molecule has 1 amide bonds. The van der Waals surface area contributed by atoms with E-state index in [0.717, 1.165) is 48.8 Å². The average Bonchev–Trinajstić information content (AvgIpc) is 3.34. The van der Waals surface area contributed by atoms with Crippen LogP contribution in [0.2, 0.25) is 0 Å². The quantitative estimate of drug-likeness (QED) is 0.670. The molecule has 0 spiro atoms. The van der Waals surface area contributed by atoms with Crippen LogP contribution in [0.5, 0.6) is 0 Å². The van der Waals surface area contributed by atoms with E-state index in [9.17, 15) is 9.59 Å². The van der Waals surface area contributed by atoms with Gasteiger partial charge in [0, 0.05) is 19.1 Å². The lowest BCUT2D eigenvalue weighted by molar-refractivity contribution is -0.125. The number of hydrogen-bond acceptors (Lipinski definition) is 4. The lowest BCUT2D eigenvalue weighted by atomic mass is 9.96. The summed E-state index contributed by atoms with van der Waals surface area (Å²) in [5, 5.41) is 3.24. The van der Waals surface area contributed by atoms with Crippen LogP contribution in [0.1, 0.15) is 44.1 Å². The number of carbonyl (C=O) groups excluding carboxylic acids is 1. The number of amides is 1. The molecule has 2 heterocycles. The summed E-state index contributed by atoms with van der Waals surface area (Å²) in [5.74, 6) is 0.490. The van der Waals surface area contributed by atoms with Crippen molar-refractivity contribution in [2.24, 2.45) is 5.92 Å². The minimum atomic E-state index is -0.0976. The van der Waals surface area contributed by atoms with Gasteiger partial charge in [0.25, 0.3) is 5.56 Å². The Labute approximate surface area is 188 Å². The molecule has 1 N–H and O–H groups in total. The molecule has 1 atom stereocenters. The molecule has 1 saturated carbocycles. The molecule has 1 saturated heterocycles. The van der Waals surface area contributed by atoms with Crippen LogP contribution < -0.4 is 15.8 Å². The van der Waals surface area contributed by atoms with E-state index in [1.807, 2.05) is 64.1 Å². The Morgan fingerprint density at radius 2 is 1.72 bits per heavy atom. The van der Waals surface area contributed by atoms with Crippen molar-refractivity contribution in [1.82, 2.24) is 14.9 Å². The summed E-state index contributed by atoms with van der Waals surface area (Å²) in [6.45, 7) is 1.79. The van der Waals surface area contributed by atoms with Crippen molar-refractivity contribution < 1.29 is 4.79 Å². The maximum Gasteiger partial charge on any atom is 0.294 e. The number of carbonyl (C=O) groups is 1. The van der Waals surface area contributed by atoms with Gasteiger partial charge in [0.15, 0.2) is 5.82 Å². The van der Waals surface area contributed by atoms with Gasteiger partial charge in [-0.1, -0.05) is 55.3 Å². The molecule has 32 heavy (non-hydrogen) atoms. The fraction of sp³-hybridized carbons (Fsp3) is 0.423. The average molecular weight is 431 g/mol. The van der Waals surface area contributed by atoms with Crippen LogP contribution in [-0.2, 0) is 11.3 Å². The van der Waals surface area contributed by atoms with Gasteiger partial charge in [-0.2, -0.15) is 0 Å². The number of para-hydroxylation sites is 2. The SMILES string of the molecule is O=C(NC1CCCC1)C1CCCN(c2nc3ccccc3n(Cc3ccccc3)c2=O)C1. The molecule has 0 bridgehead atoms. The van der Waals surface area contributed by atoms with Crippen molar-refractivity contribution in [2.45, 2.75) is 51.1 Å². The first-order valence-electron chi connectivity index (χ1n) is 11.8. The highest BCUT2D eigenvalue weighted by Gasteiger charge is 2.30. The standard InChI is InChI=1S/C26H30N4O2/c31-25(27-21-12-4-5-13-21)20-11-8-16-29(18-20)24-26(32)30(17-19-9-2-1-3-10-19)23-15-7-6-14-22(23)28-24/h1-3,6-7,9-10,14-15,20-21H,4-5,8,11-13,16-18H2,(H,27,31). The maximum absolute atomic E-state index is 13.6. The molecule has 2 aliphatic rings. The third kappa shape index (κ3) is 4.27. The van der Waals surface area contributed by atoms with Gasteiger partial charge in [-0.15, -0.1) is 0 Å². The first kappa shape index (κ1) is 20.7. The molecule has 3 aromatic rings. The molecule has 0 radical (unpaired) electrons. The van der Waals surface area contributed by atoms with Gasteiger partial charge in [0.1, 0.15) is 0 Å². The predicted octanol–water partition coefficient (Wildman–Crippen LogP) is 3.72. The van der Waals surface area contributed by atoms with Crippen LogP contribution in [0.25, 0.3) is 11.0 Å². The van der Waals surface area contributed by atoms with Gasteiger partial charge in [-0.25, -0.2) is 4.98 Å². The molecule has 1 aliphatic carbocycles. The predicted molar refractivity (Wildman–Crippen MR) is 127 cm³/mol. The molecular weight excluding hydrogens is 400 g/mol. The molecule has 6 heteroatoms. The number of anilines is 1. The summed E-state index contributed by atoms with van der Waals surface area (Å²) in [5.41, 5.74) is 2.61. The number of piperidine rings is 1. The molecule has 1 aliphatic heterocycles. The van der Waals surface area contributed by atoms with Crippen LogP contribution in [0.15, 0.2) is 59.4 Å². The molecule has 5 rings (SSSR count). The molecular formula is C26H30N4O2. The Hall–Kier alpha value is -3.15. The highest BCUT2D eigenvalue weighted by atomic mass is 16.2. The van der Waals surface area contributed by atoms with Crippen LogP contribution in [-0.4, -0.2) is 34.6 Å². The van der Waals surface area contributed by atoms with Crippen molar-refractivity contribution in [3.63, 3.8) is 0 Å². The zero-order valence-corrected chi connectivity index (χ0v) is 18.4. The molecule has 1 aromatic heterocycles. The number of fused-ring (bicyclic) bond motifs is 1. The van der Waals surface area contributed by atoms with Crippen molar-refractivity contribution in [3.05, 3.63) is 70.5 Å². The fourth-order valence-corrected chi connectivity index (χ4v) is 5.08. The summed E-state index contributed by atoms with van der Waals surface area (Å²) >= 11 is 0. The number of hydrogen-bond donors (Lipinski definition) is 1. The normalized spacial score (nSPS) is 19.4. The molecule has 2 fully saturated rings. The third-order valence-electron chi connectivity index (χ3n) is 6.81. The number of aromatic nitrogens is 2. The van der Waals surface area contributed by atoms with Crippen LogP contribution >= 0.6 is 0 Å². The van der Waals surface area contributed by atoms with E-state index in [4.69, 9.17) is 4.98 Å². The van der Waals surface area contributed by atoms with Crippen LogP contribution in [0, 0.1) is 5.92 Å². The smallest absolute Gasteiger partial charge is 0.294 e. The molecule has 2 aromatic carbocycles. The minimum absolute atomic E-state index is 0.0931. The maximum atomic E-state index is 13.6. The first-order valence-corrected chi connectivity index (χ1v) is 11.8. The Morgan fingerprint density at radius 3 is 2.53 bits per heavy atom. The zero-order chi connectivity index (χ0) is 21.9. The van der Waals surface area contributed by atoms with E-state index in [1.54, 1.807) is 0 Å². The Morgan fingerprint density at radius 1 is 0.969 bits per heavy atom. The Bertz CT molecular complexity index is 1150. The van der Waals surface area contributed by atoms with E-state index in [1.165, 1.54) is 12.8 Å². The van der Waals surface area contributed by atoms with Crippen molar-refractivity contribution in [3.8, 4) is 0 Å². The van der Waals surface area contributed by atoms with Gasteiger partial charge in [0.2, 0.25) is 5.91 Å². The third-order valence-corrected chi connectivity index (χ3v) is 6.81. The van der Waals surface area contributed by atoms with Crippen molar-refractivity contribution >= 4 is 22.8 Å². The van der Waals surface area contributed by atoms with Crippen molar-refractivity contribution in [2.75, 3.05) is 18.0 Å². The van der Waals surface area contributed by atoms with E-state index >= 15 is 0 Å². The van der Waals surface area contributed by atoms with Gasteiger partial charge in [0.05, 0.1) is 23.5 Å². The van der Waals surface area contributed by atoms with Gasteiger partial charge < -0.3 is 10.2 Å². The van der Waals surface area contributed by atoms with E-state index < -0.39 is 0 Å².